The third kappa shape index (κ3) is 2.17. The zero-order valence-corrected chi connectivity index (χ0v) is 6.39. The Morgan fingerprint density at radius 1 is 1.45 bits per heavy atom. The number of nitrogens with two attached hydrogens (primary N) is 2. The van der Waals surface area contributed by atoms with Gasteiger partial charge in [-0.1, -0.05) is 0 Å². The number of nitrogens with one attached hydrogen (secondary N) is 1. The van der Waals surface area contributed by atoms with E-state index in [1.807, 2.05) is 0 Å². The van der Waals surface area contributed by atoms with Gasteiger partial charge >= 0.3 is 0 Å². The van der Waals surface area contributed by atoms with Crippen LogP contribution in [0.25, 0.3) is 0 Å². The number of nitrogens with zero attached hydrogens (tertiary/aromatic N) is 2. The highest BCUT2D eigenvalue weighted by Gasteiger charge is 1.97. The van der Waals surface area contributed by atoms with Crippen molar-refractivity contribution in [2.75, 3.05) is 5.73 Å². The number of rotatable bonds is 1. The number of H-pyrrole nitrogens is 1. The van der Waals surface area contributed by atoms with Gasteiger partial charge in [-0.2, -0.15) is 0 Å². The number of halogens is 1. The molecular formula is C4H8ClN5O. The zero-order chi connectivity index (χ0) is 7.56. The van der Waals surface area contributed by atoms with Crippen LogP contribution in [0.3, 0.4) is 0 Å². The number of aromatic nitrogens is 3. The number of hydrogen-bond donors (Lipinski definition) is 3. The lowest BCUT2D eigenvalue weighted by atomic mass is 10.5. The van der Waals surface area contributed by atoms with Gasteiger partial charge in [-0.15, -0.1) is 22.6 Å². The molecule has 1 aromatic rings. The fraction of sp³-hybridized carbons (Fsp3) is 0.250. The molecule has 5 N–H and O–H groups in total. The highest BCUT2D eigenvalue weighted by Crippen LogP contribution is 1.80. The Kier molecular flexibility index (Phi) is 3.49. The SMILES string of the molecule is Cl.NCc1nnc(N)[nH]c1=O. The Morgan fingerprint density at radius 3 is 2.55 bits per heavy atom. The second-order valence-corrected chi connectivity index (χ2v) is 1.69. The van der Waals surface area contributed by atoms with Crippen molar-refractivity contribution in [2.45, 2.75) is 6.54 Å². The summed E-state index contributed by atoms with van der Waals surface area (Å²) < 4.78 is 0. The molecule has 0 saturated heterocycles. The Balaban J connectivity index is 0.000001000. The van der Waals surface area contributed by atoms with Crippen LogP contribution in [0.1, 0.15) is 5.69 Å². The Hall–Kier alpha value is -1.14. The predicted octanol–water partition coefficient (Wildman–Crippen LogP) is -1.37. The van der Waals surface area contributed by atoms with Crippen molar-refractivity contribution in [3.05, 3.63) is 16.0 Å². The third-order valence-electron chi connectivity index (χ3n) is 0.975. The summed E-state index contributed by atoms with van der Waals surface area (Å²) in [4.78, 5) is 13.0. The van der Waals surface area contributed by atoms with Crippen LogP contribution in [-0.2, 0) is 6.54 Å². The first-order chi connectivity index (χ1) is 4.74. The second kappa shape index (κ2) is 3.89. The van der Waals surface area contributed by atoms with E-state index in [9.17, 15) is 4.79 Å². The second-order valence-electron chi connectivity index (χ2n) is 1.69. The van der Waals surface area contributed by atoms with Gasteiger partial charge in [0.1, 0.15) is 5.69 Å². The summed E-state index contributed by atoms with van der Waals surface area (Å²) in [5, 5.41) is 6.86. The maximum atomic E-state index is 10.8. The number of hydrogen-bond acceptors (Lipinski definition) is 5. The summed E-state index contributed by atoms with van der Waals surface area (Å²) in [5.41, 5.74) is 10.1. The van der Waals surface area contributed by atoms with E-state index in [0.29, 0.717) is 0 Å². The maximum absolute atomic E-state index is 10.8. The fourth-order valence-electron chi connectivity index (χ4n) is 0.507. The number of anilines is 1. The van der Waals surface area contributed by atoms with Crippen LogP contribution in [0.2, 0.25) is 0 Å². The summed E-state index contributed by atoms with van der Waals surface area (Å²) in [7, 11) is 0. The topological polar surface area (TPSA) is 111 Å². The molecule has 0 aliphatic rings. The van der Waals surface area contributed by atoms with Crippen molar-refractivity contribution >= 4 is 18.4 Å². The molecule has 0 spiro atoms. The molecule has 0 aliphatic carbocycles. The molecular weight excluding hydrogens is 170 g/mol. The largest absolute Gasteiger partial charge is 0.368 e. The van der Waals surface area contributed by atoms with E-state index in [0.717, 1.165) is 0 Å². The van der Waals surface area contributed by atoms with Crippen LogP contribution >= 0.6 is 12.4 Å². The van der Waals surface area contributed by atoms with Crippen LogP contribution in [0.4, 0.5) is 5.95 Å². The molecule has 1 rings (SSSR count). The molecule has 0 amide bonds. The van der Waals surface area contributed by atoms with Gasteiger partial charge < -0.3 is 11.5 Å². The monoisotopic (exact) mass is 177 g/mol. The van der Waals surface area contributed by atoms with Crippen LogP contribution in [0.5, 0.6) is 0 Å². The van der Waals surface area contributed by atoms with Gasteiger partial charge in [0, 0.05) is 6.54 Å². The van der Waals surface area contributed by atoms with Crippen LogP contribution in [0, 0.1) is 0 Å². The average Bonchev–Trinajstić information content (AvgIpc) is 1.88. The summed E-state index contributed by atoms with van der Waals surface area (Å²) >= 11 is 0. The molecule has 6 nitrogen and oxygen atoms in total. The summed E-state index contributed by atoms with van der Waals surface area (Å²) in [6.07, 6.45) is 0. The van der Waals surface area contributed by atoms with Crippen molar-refractivity contribution in [3.63, 3.8) is 0 Å². The minimum Gasteiger partial charge on any atom is -0.368 e. The van der Waals surface area contributed by atoms with E-state index in [1.165, 1.54) is 0 Å². The number of aromatic amines is 1. The Labute approximate surface area is 68.4 Å². The first kappa shape index (κ1) is 9.86. The molecule has 0 atom stereocenters. The Morgan fingerprint density at radius 2 is 2.09 bits per heavy atom. The molecule has 0 aromatic carbocycles. The fourth-order valence-corrected chi connectivity index (χ4v) is 0.507. The van der Waals surface area contributed by atoms with Crippen molar-refractivity contribution in [1.29, 1.82) is 0 Å². The molecule has 0 saturated carbocycles. The van der Waals surface area contributed by atoms with E-state index in [2.05, 4.69) is 15.2 Å². The molecule has 62 valence electrons. The van der Waals surface area contributed by atoms with E-state index < -0.39 is 0 Å². The van der Waals surface area contributed by atoms with Crippen LogP contribution in [-0.4, -0.2) is 15.2 Å². The first-order valence-electron chi connectivity index (χ1n) is 2.65. The summed E-state index contributed by atoms with van der Waals surface area (Å²) in [6.45, 7) is 0.0720. The van der Waals surface area contributed by atoms with Gasteiger partial charge in [-0.3, -0.25) is 9.78 Å². The van der Waals surface area contributed by atoms with Gasteiger partial charge in [0.25, 0.3) is 5.56 Å². The molecule has 0 fully saturated rings. The molecule has 11 heavy (non-hydrogen) atoms. The maximum Gasteiger partial charge on any atom is 0.275 e. The van der Waals surface area contributed by atoms with Crippen LogP contribution in [0.15, 0.2) is 4.79 Å². The molecule has 0 unspecified atom stereocenters. The lowest BCUT2D eigenvalue weighted by Gasteiger charge is -1.92. The van der Waals surface area contributed by atoms with Crippen LogP contribution < -0.4 is 17.0 Å². The van der Waals surface area contributed by atoms with E-state index in [-0.39, 0.29) is 36.2 Å². The number of nitrogen functional groups attached to an aromatic ring is 1. The lowest BCUT2D eigenvalue weighted by Crippen LogP contribution is -2.20. The van der Waals surface area contributed by atoms with E-state index in [1.54, 1.807) is 0 Å². The quantitative estimate of drug-likeness (QED) is 0.490. The zero-order valence-electron chi connectivity index (χ0n) is 5.57. The first-order valence-corrected chi connectivity index (χ1v) is 2.65. The summed E-state index contributed by atoms with van der Waals surface area (Å²) in [5.74, 6) is 0.00204. The lowest BCUT2D eigenvalue weighted by molar-refractivity contribution is 0.848. The normalized spacial score (nSPS) is 8.82. The van der Waals surface area contributed by atoms with Crippen molar-refractivity contribution in [3.8, 4) is 0 Å². The highest BCUT2D eigenvalue weighted by molar-refractivity contribution is 5.85. The van der Waals surface area contributed by atoms with Crippen molar-refractivity contribution in [2.24, 2.45) is 5.73 Å². The van der Waals surface area contributed by atoms with Gasteiger partial charge in [0.15, 0.2) is 0 Å². The smallest absolute Gasteiger partial charge is 0.275 e. The minimum absolute atomic E-state index is 0. The standard InChI is InChI=1S/C4H7N5O.ClH/c5-1-2-3(10)7-4(6)9-8-2;/h1,5H2,(H3,6,7,9,10);1H. The molecule has 7 heteroatoms. The molecule has 0 aliphatic heterocycles. The third-order valence-corrected chi connectivity index (χ3v) is 0.975. The van der Waals surface area contributed by atoms with Crippen molar-refractivity contribution < 1.29 is 0 Å². The average molecular weight is 178 g/mol. The van der Waals surface area contributed by atoms with Gasteiger partial charge in [-0.05, 0) is 0 Å². The van der Waals surface area contributed by atoms with Gasteiger partial charge in [0.2, 0.25) is 5.95 Å². The van der Waals surface area contributed by atoms with Gasteiger partial charge in [-0.25, -0.2) is 0 Å². The highest BCUT2D eigenvalue weighted by atomic mass is 35.5. The van der Waals surface area contributed by atoms with Crippen molar-refractivity contribution in [1.82, 2.24) is 15.2 Å². The molecule has 1 aromatic heterocycles. The predicted molar refractivity (Wildman–Crippen MR) is 42.2 cm³/mol. The Bertz CT molecular complexity index is 284. The van der Waals surface area contributed by atoms with E-state index in [4.69, 9.17) is 11.5 Å². The summed E-state index contributed by atoms with van der Waals surface area (Å²) in [6, 6.07) is 0. The molecule has 0 bridgehead atoms. The molecule has 1 heterocycles. The molecule has 0 radical (unpaired) electrons. The van der Waals surface area contributed by atoms with E-state index >= 15 is 0 Å². The van der Waals surface area contributed by atoms with Gasteiger partial charge in [0.05, 0.1) is 0 Å². The minimum atomic E-state index is -0.380.